The normalized spacial score (nSPS) is 10.0. The lowest BCUT2D eigenvalue weighted by molar-refractivity contribution is 0.630. The molecule has 4 rings (SSSR count). The average Bonchev–Trinajstić information content (AvgIpc) is 3.05. The second-order valence-electron chi connectivity index (χ2n) is 5.61. The summed E-state index contributed by atoms with van der Waals surface area (Å²) >= 11 is 0. The number of hydrogen-bond donors (Lipinski definition) is 0. The lowest BCUT2D eigenvalue weighted by atomic mass is 10.0. The van der Waals surface area contributed by atoms with Gasteiger partial charge in [-0.1, -0.05) is 60.4 Å². The third-order valence-corrected chi connectivity index (χ3v) is 3.96. The summed E-state index contributed by atoms with van der Waals surface area (Å²) in [4.78, 5) is 0. The molecule has 0 saturated heterocycles. The highest BCUT2D eigenvalue weighted by atomic mass is 16.3. The van der Waals surface area contributed by atoms with E-state index in [0.29, 0.717) is 5.56 Å². The Morgan fingerprint density at radius 3 is 2.16 bits per heavy atom. The van der Waals surface area contributed by atoms with Gasteiger partial charge in [-0.3, -0.25) is 0 Å². The van der Waals surface area contributed by atoms with Crippen LogP contribution in [-0.2, 0) is 0 Å². The lowest BCUT2D eigenvalue weighted by Crippen LogP contribution is -1.81. The van der Waals surface area contributed by atoms with Crippen molar-refractivity contribution in [2.24, 2.45) is 0 Å². The van der Waals surface area contributed by atoms with Gasteiger partial charge in [0.2, 0.25) is 0 Å². The van der Waals surface area contributed by atoms with Gasteiger partial charge in [0, 0.05) is 16.5 Å². The first-order chi connectivity index (χ1) is 12.3. The third-order valence-electron chi connectivity index (χ3n) is 3.96. The largest absolute Gasteiger partial charge is 0.455 e. The topological polar surface area (TPSA) is 36.9 Å². The summed E-state index contributed by atoms with van der Waals surface area (Å²) in [6.07, 6.45) is 0. The molecule has 3 aromatic carbocycles. The van der Waals surface area contributed by atoms with Crippen LogP contribution in [0.5, 0.6) is 0 Å². The fraction of sp³-hybridized carbons (Fsp3) is 0. The molecule has 2 heteroatoms. The lowest BCUT2D eigenvalue weighted by Gasteiger charge is -1.97. The maximum absolute atomic E-state index is 9.20. The number of nitriles is 1. The van der Waals surface area contributed by atoms with Gasteiger partial charge in [0.05, 0.1) is 17.2 Å². The molecule has 0 radical (unpaired) electrons. The molecular formula is C23H13NO. The van der Waals surface area contributed by atoms with Crippen molar-refractivity contribution in [1.82, 2.24) is 0 Å². The fourth-order valence-electron chi connectivity index (χ4n) is 2.74. The zero-order valence-electron chi connectivity index (χ0n) is 13.4. The molecule has 0 saturated carbocycles. The fourth-order valence-corrected chi connectivity index (χ4v) is 2.74. The van der Waals surface area contributed by atoms with Crippen LogP contribution >= 0.6 is 0 Å². The molecule has 1 aromatic heterocycles. The van der Waals surface area contributed by atoms with Crippen LogP contribution in [0.2, 0.25) is 0 Å². The Bertz CT molecular complexity index is 1140. The monoisotopic (exact) mass is 319 g/mol. The third kappa shape index (κ3) is 2.90. The SMILES string of the molecule is N#Cc1ccc2oc(-c3ccccc3)c(C#Cc3ccccc3)c2c1. The summed E-state index contributed by atoms with van der Waals surface area (Å²) in [6, 6.07) is 27.3. The molecule has 25 heavy (non-hydrogen) atoms. The Hall–Kier alpha value is -3.75. The van der Waals surface area contributed by atoms with Crippen molar-refractivity contribution in [3.05, 3.63) is 95.6 Å². The van der Waals surface area contributed by atoms with Gasteiger partial charge >= 0.3 is 0 Å². The molecule has 0 aliphatic heterocycles. The zero-order chi connectivity index (χ0) is 17.1. The maximum atomic E-state index is 9.20. The van der Waals surface area contributed by atoms with E-state index in [2.05, 4.69) is 17.9 Å². The van der Waals surface area contributed by atoms with E-state index in [4.69, 9.17) is 4.42 Å². The van der Waals surface area contributed by atoms with Crippen molar-refractivity contribution in [3.8, 4) is 29.2 Å². The Labute approximate surface area is 146 Å². The van der Waals surface area contributed by atoms with E-state index >= 15 is 0 Å². The van der Waals surface area contributed by atoms with Gasteiger partial charge in [-0.2, -0.15) is 5.26 Å². The molecule has 0 N–H and O–H groups in total. The summed E-state index contributed by atoms with van der Waals surface area (Å²) in [5.41, 5.74) is 4.04. The van der Waals surface area contributed by atoms with E-state index in [9.17, 15) is 5.26 Å². The maximum Gasteiger partial charge on any atom is 0.151 e. The molecule has 116 valence electrons. The van der Waals surface area contributed by atoms with Crippen LogP contribution in [0.1, 0.15) is 16.7 Å². The number of benzene rings is 3. The van der Waals surface area contributed by atoms with Crippen LogP contribution in [0, 0.1) is 23.2 Å². The minimum absolute atomic E-state index is 0.593. The molecule has 0 unspecified atom stereocenters. The first kappa shape index (κ1) is 14.8. The molecule has 0 aliphatic carbocycles. The Kier molecular flexibility index (Phi) is 3.79. The second kappa shape index (κ2) is 6.40. The van der Waals surface area contributed by atoms with Gasteiger partial charge < -0.3 is 4.42 Å². The van der Waals surface area contributed by atoms with Crippen LogP contribution in [0.15, 0.2) is 83.3 Å². The van der Waals surface area contributed by atoms with Crippen molar-refractivity contribution < 1.29 is 4.42 Å². The number of furan rings is 1. The second-order valence-corrected chi connectivity index (χ2v) is 5.61. The predicted molar refractivity (Wildman–Crippen MR) is 98.8 cm³/mol. The molecule has 0 bridgehead atoms. The first-order valence-corrected chi connectivity index (χ1v) is 7.94. The molecule has 0 atom stereocenters. The van der Waals surface area contributed by atoms with Gasteiger partial charge in [0.1, 0.15) is 5.58 Å². The average molecular weight is 319 g/mol. The summed E-state index contributed by atoms with van der Waals surface area (Å²) < 4.78 is 6.06. The minimum Gasteiger partial charge on any atom is -0.455 e. The van der Waals surface area contributed by atoms with E-state index in [1.165, 1.54) is 0 Å². The highest BCUT2D eigenvalue weighted by Gasteiger charge is 2.14. The molecule has 1 heterocycles. The molecule has 0 aliphatic rings. The molecular weight excluding hydrogens is 306 g/mol. The number of nitrogens with zero attached hydrogens (tertiary/aromatic N) is 1. The van der Waals surface area contributed by atoms with E-state index in [1.807, 2.05) is 72.8 Å². The first-order valence-electron chi connectivity index (χ1n) is 7.94. The molecule has 0 amide bonds. The van der Waals surface area contributed by atoms with Crippen molar-refractivity contribution in [1.29, 1.82) is 5.26 Å². The molecule has 4 aromatic rings. The van der Waals surface area contributed by atoms with E-state index in [-0.39, 0.29) is 0 Å². The quantitative estimate of drug-likeness (QED) is 0.442. The van der Waals surface area contributed by atoms with Crippen LogP contribution in [0.3, 0.4) is 0 Å². The van der Waals surface area contributed by atoms with Gasteiger partial charge in [0.25, 0.3) is 0 Å². The molecule has 0 spiro atoms. The van der Waals surface area contributed by atoms with Crippen molar-refractivity contribution >= 4 is 11.0 Å². The van der Waals surface area contributed by atoms with Crippen molar-refractivity contribution in [2.75, 3.05) is 0 Å². The van der Waals surface area contributed by atoms with Crippen LogP contribution in [0.4, 0.5) is 0 Å². The number of rotatable bonds is 1. The standard InChI is InChI=1S/C23H13NO/c24-16-18-12-14-22-21(15-18)20(13-11-17-7-3-1-4-8-17)23(25-22)19-9-5-2-6-10-19/h1-10,12,14-15H. The highest BCUT2D eigenvalue weighted by molar-refractivity contribution is 5.92. The summed E-state index contributed by atoms with van der Waals surface area (Å²) in [7, 11) is 0. The predicted octanol–water partition coefficient (Wildman–Crippen LogP) is 5.37. The Morgan fingerprint density at radius 1 is 0.720 bits per heavy atom. The van der Waals surface area contributed by atoms with Crippen LogP contribution < -0.4 is 0 Å². The van der Waals surface area contributed by atoms with E-state index in [0.717, 1.165) is 33.4 Å². The van der Waals surface area contributed by atoms with Crippen molar-refractivity contribution in [3.63, 3.8) is 0 Å². The highest BCUT2D eigenvalue weighted by Crippen LogP contribution is 2.33. The minimum atomic E-state index is 0.593. The van der Waals surface area contributed by atoms with Crippen LogP contribution in [-0.4, -0.2) is 0 Å². The summed E-state index contributed by atoms with van der Waals surface area (Å²) in [6.45, 7) is 0. The summed E-state index contributed by atoms with van der Waals surface area (Å²) in [5, 5.41) is 10.1. The van der Waals surface area contributed by atoms with E-state index < -0.39 is 0 Å². The van der Waals surface area contributed by atoms with Crippen LogP contribution in [0.25, 0.3) is 22.3 Å². The van der Waals surface area contributed by atoms with Gasteiger partial charge in [-0.25, -0.2) is 0 Å². The smallest absolute Gasteiger partial charge is 0.151 e. The zero-order valence-corrected chi connectivity index (χ0v) is 13.4. The molecule has 2 nitrogen and oxygen atoms in total. The van der Waals surface area contributed by atoms with Gasteiger partial charge in [-0.05, 0) is 30.3 Å². The van der Waals surface area contributed by atoms with Gasteiger partial charge in [0.15, 0.2) is 5.76 Å². The Morgan fingerprint density at radius 2 is 1.44 bits per heavy atom. The van der Waals surface area contributed by atoms with E-state index in [1.54, 1.807) is 6.07 Å². The molecule has 0 fully saturated rings. The Balaban J connectivity index is 1.96. The number of hydrogen-bond acceptors (Lipinski definition) is 2. The summed E-state index contributed by atoms with van der Waals surface area (Å²) in [5.74, 6) is 7.17. The van der Waals surface area contributed by atoms with Gasteiger partial charge in [-0.15, -0.1) is 0 Å². The number of fused-ring (bicyclic) bond motifs is 1. The van der Waals surface area contributed by atoms with Crippen molar-refractivity contribution in [2.45, 2.75) is 0 Å².